The number of aryl methyl sites for hydroxylation is 3. The monoisotopic (exact) mass is 559 g/mol. The topological polar surface area (TPSA) is 43.6 Å². The maximum atomic E-state index is 3.86. The van der Waals surface area contributed by atoms with Crippen molar-refractivity contribution in [3.8, 4) is 0 Å². The molecule has 0 saturated heterocycles. The number of benzene rings is 5. The summed E-state index contributed by atoms with van der Waals surface area (Å²) in [6.45, 7) is 0. The Labute approximate surface area is 253 Å². The molecule has 2 atom stereocenters. The van der Waals surface area contributed by atoms with Gasteiger partial charge in [-0.15, -0.1) is 0 Å². The van der Waals surface area contributed by atoms with Gasteiger partial charge < -0.3 is 15.3 Å². The first-order valence-corrected chi connectivity index (χ1v) is 15.8. The van der Waals surface area contributed by atoms with E-state index in [0.717, 1.165) is 12.8 Å². The van der Waals surface area contributed by atoms with Crippen LogP contribution in [0.1, 0.15) is 53.3 Å². The molecule has 2 aliphatic carbocycles. The normalized spacial score (nSPS) is 17.7. The molecule has 2 unspecified atom stereocenters. The summed E-state index contributed by atoms with van der Waals surface area (Å²) in [4.78, 5) is 7.23. The van der Waals surface area contributed by atoms with Crippen molar-refractivity contribution < 1.29 is 0 Å². The molecular formula is C40H37N3. The summed E-state index contributed by atoms with van der Waals surface area (Å²) in [6, 6.07) is 44.0. The predicted octanol–water partition coefficient (Wildman–Crippen LogP) is 9.93. The Kier molecular flexibility index (Phi) is 6.72. The molecule has 212 valence electrons. The fourth-order valence-electron chi connectivity index (χ4n) is 7.50. The molecule has 3 N–H and O–H groups in total. The molecule has 0 bridgehead atoms. The van der Waals surface area contributed by atoms with Crippen LogP contribution in [-0.4, -0.2) is 16.0 Å². The zero-order chi connectivity index (χ0) is 28.6. The van der Waals surface area contributed by atoms with Crippen LogP contribution in [0.3, 0.4) is 0 Å². The van der Waals surface area contributed by atoms with Gasteiger partial charge in [-0.2, -0.15) is 0 Å². The molecule has 43 heavy (non-hydrogen) atoms. The Morgan fingerprint density at radius 2 is 1.23 bits per heavy atom. The van der Waals surface area contributed by atoms with E-state index in [2.05, 4.69) is 137 Å². The molecule has 5 aromatic carbocycles. The number of aromatic amines is 2. The standard InChI is InChI=1S/C28H24N2.C12H13N/c1-2-10-22(11-3-1)29-25-16-17-26-28(23-12-6-7-13-24(23)30-26)27(25)21-15-14-19-8-4-5-9-20(19)18-21;1-3-7-11-9(5-1)10-6-2-4-8-12(10)13-11/h1-15,18,25,27,29-30H,16-17H2;1,3,5,7,13H,2,4,6,8H2. The summed E-state index contributed by atoms with van der Waals surface area (Å²) in [5.74, 6) is 0.301. The number of hydrogen-bond acceptors (Lipinski definition) is 1. The Morgan fingerprint density at radius 1 is 0.558 bits per heavy atom. The van der Waals surface area contributed by atoms with E-state index in [1.807, 2.05) is 0 Å². The van der Waals surface area contributed by atoms with Gasteiger partial charge in [0.15, 0.2) is 0 Å². The van der Waals surface area contributed by atoms with E-state index in [0.29, 0.717) is 12.0 Å². The third kappa shape index (κ3) is 4.89. The minimum absolute atomic E-state index is 0.301. The first-order valence-electron chi connectivity index (χ1n) is 15.8. The van der Waals surface area contributed by atoms with Gasteiger partial charge in [-0.3, -0.25) is 0 Å². The summed E-state index contributed by atoms with van der Waals surface area (Å²) >= 11 is 0. The number of H-pyrrole nitrogens is 2. The zero-order valence-corrected chi connectivity index (χ0v) is 24.4. The van der Waals surface area contributed by atoms with Crippen LogP contribution in [0.25, 0.3) is 32.6 Å². The molecule has 0 fully saturated rings. The van der Waals surface area contributed by atoms with Gasteiger partial charge in [0.05, 0.1) is 0 Å². The van der Waals surface area contributed by atoms with Crippen LogP contribution < -0.4 is 5.32 Å². The van der Waals surface area contributed by atoms with Crippen LogP contribution in [0.2, 0.25) is 0 Å². The fraction of sp³-hybridized carbons (Fsp3) is 0.200. The Morgan fingerprint density at radius 3 is 2.09 bits per heavy atom. The lowest BCUT2D eigenvalue weighted by atomic mass is 9.76. The maximum absolute atomic E-state index is 3.86. The third-order valence-corrected chi connectivity index (χ3v) is 9.51. The predicted molar refractivity (Wildman–Crippen MR) is 181 cm³/mol. The molecule has 9 rings (SSSR count). The molecule has 3 heteroatoms. The molecular weight excluding hydrogens is 522 g/mol. The van der Waals surface area contributed by atoms with Crippen molar-refractivity contribution in [2.24, 2.45) is 0 Å². The summed E-state index contributed by atoms with van der Waals surface area (Å²) in [7, 11) is 0. The molecule has 3 nitrogen and oxygen atoms in total. The van der Waals surface area contributed by atoms with E-state index in [-0.39, 0.29) is 0 Å². The Hall–Kier alpha value is -4.76. The highest BCUT2D eigenvalue weighted by molar-refractivity contribution is 5.88. The number of para-hydroxylation sites is 3. The zero-order valence-electron chi connectivity index (χ0n) is 24.4. The van der Waals surface area contributed by atoms with Crippen molar-refractivity contribution >= 4 is 38.3 Å². The van der Waals surface area contributed by atoms with E-state index in [1.54, 1.807) is 5.56 Å². The molecule has 7 aromatic rings. The number of rotatable bonds is 3. The highest BCUT2D eigenvalue weighted by Gasteiger charge is 2.34. The van der Waals surface area contributed by atoms with Crippen LogP contribution in [0, 0.1) is 0 Å². The van der Waals surface area contributed by atoms with Gasteiger partial charge in [0.1, 0.15) is 0 Å². The summed E-state index contributed by atoms with van der Waals surface area (Å²) in [5.41, 5.74) is 11.0. The van der Waals surface area contributed by atoms with E-state index >= 15 is 0 Å². The van der Waals surface area contributed by atoms with Crippen molar-refractivity contribution in [2.75, 3.05) is 5.32 Å². The lowest BCUT2D eigenvalue weighted by Crippen LogP contribution is -2.33. The average Bonchev–Trinajstić information content (AvgIpc) is 3.64. The summed E-state index contributed by atoms with van der Waals surface area (Å²) in [5, 5.41) is 9.25. The minimum atomic E-state index is 0.301. The van der Waals surface area contributed by atoms with Crippen LogP contribution in [-0.2, 0) is 19.3 Å². The van der Waals surface area contributed by atoms with Gasteiger partial charge in [0, 0.05) is 50.8 Å². The van der Waals surface area contributed by atoms with Gasteiger partial charge in [-0.25, -0.2) is 0 Å². The number of nitrogens with one attached hydrogen (secondary N) is 3. The van der Waals surface area contributed by atoms with Crippen LogP contribution in [0.4, 0.5) is 5.69 Å². The SMILES string of the molecule is c1ccc(NC2CCc3[nH]c4ccccc4c3C2c2ccc3ccccc3c2)cc1.c1ccc2c3c([nH]c2c1)CCCC3. The van der Waals surface area contributed by atoms with Gasteiger partial charge in [0.25, 0.3) is 0 Å². The number of aromatic nitrogens is 2. The largest absolute Gasteiger partial charge is 0.381 e. The lowest BCUT2D eigenvalue weighted by Gasteiger charge is -2.34. The van der Waals surface area contributed by atoms with E-state index in [9.17, 15) is 0 Å². The van der Waals surface area contributed by atoms with Crippen LogP contribution >= 0.6 is 0 Å². The second-order valence-electron chi connectivity index (χ2n) is 12.1. The molecule has 0 amide bonds. The molecule has 0 saturated carbocycles. The van der Waals surface area contributed by atoms with Crippen LogP contribution in [0.15, 0.2) is 121 Å². The lowest BCUT2D eigenvalue weighted by molar-refractivity contribution is 0.548. The highest BCUT2D eigenvalue weighted by atomic mass is 14.9. The minimum Gasteiger partial charge on any atom is -0.381 e. The van der Waals surface area contributed by atoms with E-state index < -0.39 is 0 Å². The first kappa shape index (κ1) is 25.9. The second kappa shape index (κ2) is 11.1. The summed E-state index contributed by atoms with van der Waals surface area (Å²) in [6.07, 6.45) is 7.38. The van der Waals surface area contributed by atoms with Gasteiger partial charge in [-0.1, -0.05) is 97.1 Å². The Bertz CT molecular complexity index is 2030. The average molecular weight is 560 g/mol. The van der Waals surface area contributed by atoms with Crippen molar-refractivity contribution in [1.82, 2.24) is 9.97 Å². The molecule has 2 heterocycles. The quantitative estimate of drug-likeness (QED) is 0.198. The van der Waals surface area contributed by atoms with Crippen LogP contribution in [0.5, 0.6) is 0 Å². The third-order valence-electron chi connectivity index (χ3n) is 9.51. The number of hydrogen-bond donors (Lipinski definition) is 3. The van der Waals surface area contributed by atoms with Crippen molar-refractivity contribution in [3.05, 3.63) is 149 Å². The molecule has 2 aromatic heterocycles. The molecule has 0 radical (unpaired) electrons. The first-order chi connectivity index (χ1) is 21.3. The second-order valence-corrected chi connectivity index (χ2v) is 12.1. The van der Waals surface area contributed by atoms with Gasteiger partial charge in [-0.05, 0) is 90.3 Å². The number of fused-ring (bicyclic) bond motifs is 7. The smallest absolute Gasteiger partial charge is 0.0459 e. The van der Waals surface area contributed by atoms with Crippen molar-refractivity contribution in [2.45, 2.75) is 50.5 Å². The number of anilines is 1. The molecule has 2 aliphatic rings. The summed E-state index contributed by atoms with van der Waals surface area (Å²) < 4.78 is 0. The van der Waals surface area contributed by atoms with E-state index in [4.69, 9.17) is 0 Å². The Balaban J connectivity index is 0.000000177. The maximum Gasteiger partial charge on any atom is 0.0459 e. The molecule has 0 aliphatic heterocycles. The highest BCUT2D eigenvalue weighted by Crippen LogP contribution is 2.43. The fourth-order valence-corrected chi connectivity index (χ4v) is 7.50. The van der Waals surface area contributed by atoms with Crippen molar-refractivity contribution in [1.29, 1.82) is 0 Å². The molecule has 0 spiro atoms. The van der Waals surface area contributed by atoms with Gasteiger partial charge >= 0.3 is 0 Å². The van der Waals surface area contributed by atoms with E-state index in [1.165, 1.54) is 86.5 Å². The van der Waals surface area contributed by atoms with Crippen molar-refractivity contribution in [3.63, 3.8) is 0 Å². The van der Waals surface area contributed by atoms with Gasteiger partial charge in [0.2, 0.25) is 0 Å².